The van der Waals surface area contributed by atoms with Gasteiger partial charge in [0.2, 0.25) is 5.95 Å². The maximum absolute atomic E-state index is 13.4. The lowest BCUT2D eigenvalue weighted by Crippen LogP contribution is -3.19. The zero-order valence-electron chi connectivity index (χ0n) is 17.4. The number of benzene rings is 1. The average Bonchev–Trinajstić information content (AvgIpc) is 2.72. The van der Waals surface area contributed by atoms with Gasteiger partial charge in [-0.05, 0) is 39.3 Å². The Morgan fingerprint density at radius 1 is 1.11 bits per heavy atom. The Labute approximate surface area is 168 Å². The smallest absolute Gasteiger partial charge is 0.281 e. The molecule has 3 rings (SSSR count). The van der Waals surface area contributed by atoms with Crippen LogP contribution in [0.15, 0.2) is 48.8 Å². The van der Waals surface area contributed by atoms with E-state index in [2.05, 4.69) is 54.7 Å². The Hall–Kier alpha value is -2.47. The normalized spacial score (nSPS) is 16.6. The lowest BCUT2D eigenvalue weighted by atomic mass is 10.0. The number of quaternary nitrogens is 1. The van der Waals surface area contributed by atoms with Crippen molar-refractivity contribution in [1.29, 1.82) is 0 Å². The highest BCUT2D eigenvalue weighted by molar-refractivity contribution is 5.80. The standard InChI is InChI=1S/C22H31N5O/c1-18(25-13-15-26(16-14-25)21-23-11-8-12-24-21)20(28)27(22(2,3)4)17-19-9-6-5-7-10-19/h5-12,18H,13-17H2,1-4H3/p+1/t18-/m1/s1. The van der Waals surface area contributed by atoms with Gasteiger partial charge in [-0.25, -0.2) is 9.97 Å². The summed E-state index contributed by atoms with van der Waals surface area (Å²) in [7, 11) is 0. The van der Waals surface area contributed by atoms with Crippen molar-refractivity contribution in [2.75, 3.05) is 31.1 Å². The van der Waals surface area contributed by atoms with Crippen LogP contribution >= 0.6 is 0 Å². The highest BCUT2D eigenvalue weighted by Gasteiger charge is 2.36. The quantitative estimate of drug-likeness (QED) is 0.849. The molecule has 1 atom stereocenters. The third-order valence-corrected chi connectivity index (χ3v) is 5.48. The van der Waals surface area contributed by atoms with Gasteiger partial charge in [0.25, 0.3) is 5.91 Å². The second kappa shape index (κ2) is 8.69. The van der Waals surface area contributed by atoms with Crippen LogP contribution in [0.5, 0.6) is 0 Å². The maximum atomic E-state index is 13.4. The van der Waals surface area contributed by atoms with E-state index in [9.17, 15) is 4.79 Å². The molecule has 1 amide bonds. The van der Waals surface area contributed by atoms with Crippen LogP contribution in [0.1, 0.15) is 33.3 Å². The van der Waals surface area contributed by atoms with E-state index in [1.807, 2.05) is 29.2 Å². The molecule has 0 saturated carbocycles. The molecule has 1 N–H and O–H groups in total. The van der Waals surface area contributed by atoms with Gasteiger partial charge in [0.15, 0.2) is 6.04 Å². The van der Waals surface area contributed by atoms with Gasteiger partial charge in [-0.3, -0.25) is 4.79 Å². The molecule has 6 heteroatoms. The van der Waals surface area contributed by atoms with Crippen molar-refractivity contribution in [3.8, 4) is 0 Å². The van der Waals surface area contributed by atoms with Crippen LogP contribution in [0, 0.1) is 0 Å². The van der Waals surface area contributed by atoms with Crippen molar-refractivity contribution in [2.24, 2.45) is 0 Å². The lowest BCUT2D eigenvalue weighted by Gasteiger charge is -2.40. The fourth-order valence-electron chi connectivity index (χ4n) is 3.70. The van der Waals surface area contributed by atoms with Crippen molar-refractivity contribution < 1.29 is 9.69 Å². The van der Waals surface area contributed by atoms with Crippen molar-refractivity contribution in [3.05, 3.63) is 54.4 Å². The van der Waals surface area contributed by atoms with E-state index in [0.717, 1.165) is 32.1 Å². The molecule has 2 aromatic rings. The van der Waals surface area contributed by atoms with E-state index in [4.69, 9.17) is 0 Å². The van der Waals surface area contributed by atoms with Gasteiger partial charge in [-0.15, -0.1) is 0 Å². The molecule has 0 unspecified atom stereocenters. The summed E-state index contributed by atoms with van der Waals surface area (Å²) in [5.41, 5.74) is 0.944. The molecule has 0 aliphatic carbocycles. The first-order valence-corrected chi connectivity index (χ1v) is 10.1. The Kier molecular flexibility index (Phi) is 6.29. The number of carbonyl (C=O) groups excluding carboxylic acids is 1. The summed E-state index contributed by atoms with van der Waals surface area (Å²) in [6, 6.07) is 12.0. The first-order chi connectivity index (χ1) is 13.4. The van der Waals surface area contributed by atoms with Crippen LogP contribution in [-0.2, 0) is 11.3 Å². The van der Waals surface area contributed by atoms with Gasteiger partial charge in [-0.2, -0.15) is 0 Å². The Morgan fingerprint density at radius 2 is 1.71 bits per heavy atom. The van der Waals surface area contributed by atoms with Crippen LogP contribution in [0.4, 0.5) is 5.95 Å². The van der Waals surface area contributed by atoms with Crippen LogP contribution in [0.25, 0.3) is 0 Å². The molecule has 1 aliphatic heterocycles. The number of rotatable bonds is 5. The number of piperazine rings is 1. The number of nitrogens with one attached hydrogen (secondary N) is 1. The summed E-state index contributed by atoms with van der Waals surface area (Å²) < 4.78 is 0. The van der Waals surface area contributed by atoms with Crippen molar-refractivity contribution in [1.82, 2.24) is 14.9 Å². The van der Waals surface area contributed by atoms with Crippen molar-refractivity contribution >= 4 is 11.9 Å². The number of hydrogen-bond acceptors (Lipinski definition) is 4. The van der Waals surface area contributed by atoms with Gasteiger partial charge in [0.05, 0.1) is 26.2 Å². The minimum absolute atomic E-state index is 0.0678. The number of hydrogen-bond donors (Lipinski definition) is 1. The summed E-state index contributed by atoms with van der Waals surface area (Å²) in [4.78, 5) is 27.7. The predicted octanol–water partition coefficient (Wildman–Crippen LogP) is 1.40. The molecule has 1 fully saturated rings. The van der Waals surface area contributed by atoms with Gasteiger partial charge < -0.3 is 14.7 Å². The molecule has 6 nitrogen and oxygen atoms in total. The first-order valence-electron chi connectivity index (χ1n) is 10.1. The second-order valence-corrected chi connectivity index (χ2v) is 8.50. The number of carbonyl (C=O) groups is 1. The van der Waals surface area contributed by atoms with E-state index >= 15 is 0 Å². The van der Waals surface area contributed by atoms with Gasteiger partial charge >= 0.3 is 0 Å². The molecule has 0 radical (unpaired) electrons. The lowest BCUT2D eigenvalue weighted by molar-refractivity contribution is -0.915. The monoisotopic (exact) mass is 382 g/mol. The van der Waals surface area contributed by atoms with E-state index in [1.165, 1.54) is 10.5 Å². The van der Waals surface area contributed by atoms with Crippen LogP contribution < -0.4 is 9.80 Å². The summed E-state index contributed by atoms with van der Waals surface area (Å²) >= 11 is 0. The van der Waals surface area contributed by atoms with Crippen molar-refractivity contribution in [2.45, 2.75) is 45.8 Å². The summed E-state index contributed by atoms with van der Waals surface area (Å²) in [5.74, 6) is 0.997. The Bertz CT molecular complexity index is 752. The molecule has 28 heavy (non-hydrogen) atoms. The van der Waals surface area contributed by atoms with Gasteiger partial charge in [0, 0.05) is 24.5 Å². The summed E-state index contributed by atoms with van der Waals surface area (Å²) in [5, 5.41) is 0. The van der Waals surface area contributed by atoms with E-state index < -0.39 is 0 Å². The fourth-order valence-corrected chi connectivity index (χ4v) is 3.70. The molecular formula is C22H32N5O+. The summed E-state index contributed by atoms with van der Waals surface area (Å²) in [6.45, 7) is 12.6. The zero-order chi connectivity index (χ0) is 20.1. The average molecular weight is 383 g/mol. The molecule has 1 aromatic carbocycles. The minimum Gasteiger partial charge on any atom is -0.330 e. The largest absolute Gasteiger partial charge is 0.330 e. The number of anilines is 1. The fraction of sp³-hybridized carbons (Fsp3) is 0.500. The van der Waals surface area contributed by atoms with Crippen LogP contribution in [0.2, 0.25) is 0 Å². The Balaban J connectivity index is 1.65. The van der Waals surface area contributed by atoms with E-state index in [0.29, 0.717) is 6.54 Å². The SMILES string of the molecule is C[C@H](C(=O)N(Cc1ccccc1)C(C)(C)C)[NH+]1CCN(c2ncccn2)CC1. The molecule has 0 bridgehead atoms. The van der Waals surface area contributed by atoms with Crippen LogP contribution in [0.3, 0.4) is 0 Å². The number of nitrogens with zero attached hydrogens (tertiary/aromatic N) is 4. The zero-order valence-corrected chi connectivity index (χ0v) is 17.4. The third-order valence-electron chi connectivity index (χ3n) is 5.48. The minimum atomic E-state index is -0.222. The predicted molar refractivity (Wildman–Crippen MR) is 111 cm³/mol. The third kappa shape index (κ3) is 4.87. The first kappa shape index (κ1) is 20.3. The van der Waals surface area contributed by atoms with Gasteiger partial charge in [0.1, 0.15) is 0 Å². The molecule has 0 spiro atoms. The van der Waals surface area contributed by atoms with Crippen molar-refractivity contribution in [3.63, 3.8) is 0 Å². The van der Waals surface area contributed by atoms with Gasteiger partial charge in [-0.1, -0.05) is 30.3 Å². The molecule has 1 aliphatic rings. The molecule has 150 valence electrons. The van der Waals surface area contributed by atoms with Crippen LogP contribution in [-0.4, -0.2) is 58.5 Å². The molecule has 2 heterocycles. The number of amides is 1. The maximum Gasteiger partial charge on any atom is 0.281 e. The Morgan fingerprint density at radius 3 is 2.29 bits per heavy atom. The summed E-state index contributed by atoms with van der Waals surface area (Å²) in [6.07, 6.45) is 3.55. The topological polar surface area (TPSA) is 53.8 Å². The molecule has 1 saturated heterocycles. The highest BCUT2D eigenvalue weighted by atomic mass is 16.2. The second-order valence-electron chi connectivity index (χ2n) is 8.50. The highest BCUT2D eigenvalue weighted by Crippen LogP contribution is 2.18. The molecular weight excluding hydrogens is 350 g/mol. The molecule has 1 aromatic heterocycles. The van der Waals surface area contributed by atoms with E-state index in [1.54, 1.807) is 12.4 Å². The number of aromatic nitrogens is 2. The van der Waals surface area contributed by atoms with E-state index in [-0.39, 0.29) is 17.5 Å².